The van der Waals surface area contributed by atoms with E-state index >= 15 is 0 Å². The van der Waals surface area contributed by atoms with Crippen LogP contribution in [0.15, 0.2) is 41.9 Å². The van der Waals surface area contributed by atoms with Crippen LogP contribution in [0.1, 0.15) is 22.3 Å². The zero-order chi connectivity index (χ0) is 15.1. The molecule has 0 unspecified atom stereocenters. The predicted molar refractivity (Wildman–Crippen MR) is 86.0 cm³/mol. The number of aromatic nitrogens is 1. The van der Waals surface area contributed by atoms with Crippen LogP contribution in [-0.4, -0.2) is 17.4 Å². The van der Waals surface area contributed by atoms with Gasteiger partial charge in [0.25, 0.3) is 5.91 Å². The molecular weight excluding hydrogens is 299 g/mol. The number of halogens is 1. The van der Waals surface area contributed by atoms with Gasteiger partial charge in [0, 0.05) is 12.1 Å². The smallest absolute Gasteiger partial charge is 0.258 e. The Bertz CT molecular complexity index is 874. The number of carbonyl (C=O) groups is 1. The van der Waals surface area contributed by atoms with Crippen molar-refractivity contribution in [3.63, 3.8) is 0 Å². The van der Waals surface area contributed by atoms with Gasteiger partial charge in [-0.3, -0.25) is 4.79 Å². The number of anilines is 1. The number of hydrogen-bond donors (Lipinski definition) is 0. The molecule has 22 heavy (non-hydrogen) atoms. The van der Waals surface area contributed by atoms with Crippen LogP contribution in [0.2, 0.25) is 0 Å². The van der Waals surface area contributed by atoms with E-state index in [9.17, 15) is 9.18 Å². The van der Waals surface area contributed by atoms with Gasteiger partial charge in [0.05, 0.1) is 21.4 Å². The van der Waals surface area contributed by atoms with Crippen LogP contribution in [0, 0.1) is 5.82 Å². The number of amides is 1. The van der Waals surface area contributed by atoms with Crippen molar-refractivity contribution in [2.45, 2.75) is 12.8 Å². The highest BCUT2D eigenvalue weighted by Crippen LogP contribution is 2.30. The van der Waals surface area contributed by atoms with E-state index in [-0.39, 0.29) is 11.7 Å². The summed E-state index contributed by atoms with van der Waals surface area (Å²) in [7, 11) is 0. The van der Waals surface area contributed by atoms with Crippen LogP contribution in [0.5, 0.6) is 0 Å². The molecule has 0 fully saturated rings. The zero-order valence-electron chi connectivity index (χ0n) is 11.8. The highest BCUT2D eigenvalue weighted by Gasteiger charge is 2.24. The number of aryl methyl sites for hydroxylation is 1. The van der Waals surface area contributed by atoms with Crippen molar-refractivity contribution in [2.24, 2.45) is 0 Å². The van der Waals surface area contributed by atoms with E-state index < -0.39 is 0 Å². The van der Waals surface area contributed by atoms with Gasteiger partial charge in [0.2, 0.25) is 0 Å². The minimum absolute atomic E-state index is 0.0816. The van der Waals surface area contributed by atoms with Gasteiger partial charge in [0.15, 0.2) is 0 Å². The molecule has 0 N–H and O–H groups in total. The minimum atomic E-state index is -0.309. The number of carbonyl (C=O) groups excluding carboxylic acids is 1. The molecule has 0 spiro atoms. The molecule has 1 amide bonds. The summed E-state index contributed by atoms with van der Waals surface area (Å²) in [5, 5.41) is 0. The van der Waals surface area contributed by atoms with E-state index in [0.29, 0.717) is 17.8 Å². The van der Waals surface area contributed by atoms with Crippen molar-refractivity contribution in [2.75, 3.05) is 11.4 Å². The zero-order valence-corrected chi connectivity index (χ0v) is 12.6. The first-order valence-electron chi connectivity index (χ1n) is 7.16. The summed E-state index contributed by atoms with van der Waals surface area (Å²) in [6.07, 6.45) is 1.78. The number of fused-ring (bicyclic) bond motifs is 2. The number of hydrogen-bond acceptors (Lipinski definition) is 3. The van der Waals surface area contributed by atoms with Crippen LogP contribution in [0.4, 0.5) is 10.1 Å². The predicted octanol–water partition coefficient (Wildman–Crippen LogP) is 4.03. The summed E-state index contributed by atoms with van der Waals surface area (Å²) < 4.78 is 14.5. The van der Waals surface area contributed by atoms with Crippen LogP contribution in [0.25, 0.3) is 10.2 Å². The highest BCUT2D eigenvalue weighted by atomic mass is 32.1. The van der Waals surface area contributed by atoms with E-state index in [1.807, 2.05) is 12.1 Å². The Morgan fingerprint density at radius 1 is 1.23 bits per heavy atom. The molecule has 0 saturated carbocycles. The van der Waals surface area contributed by atoms with Gasteiger partial charge in [-0.1, -0.05) is 6.07 Å². The number of rotatable bonds is 1. The second-order valence-electron chi connectivity index (χ2n) is 5.37. The van der Waals surface area contributed by atoms with Gasteiger partial charge >= 0.3 is 0 Å². The monoisotopic (exact) mass is 312 g/mol. The highest BCUT2D eigenvalue weighted by molar-refractivity contribution is 7.16. The summed E-state index contributed by atoms with van der Waals surface area (Å²) in [6.45, 7) is 0.621. The third-order valence-electron chi connectivity index (χ3n) is 3.99. The molecule has 0 saturated heterocycles. The minimum Gasteiger partial charge on any atom is -0.308 e. The van der Waals surface area contributed by atoms with Crippen molar-refractivity contribution in [3.8, 4) is 0 Å². The van der Waals surface area contributed by atoms with E-state index in [1.54, 1.807) is 22.5 Å². The second kappa shape index (κ2) is 5.18. The Morgan fingerprint density at radius 2 is 2.14 bits per heavy atom. The molecule has 3 aromatic rings. The normalized spacial score (nSPS) is 14.1. The van der Waals surface area contributed by atoms with Crippen molar-refractivity contribution in [1.29, 1.82) is 0 Å². The van der Waals surface area contributed by atoms with Gasteiger partial charge in [-0.05, 0) is 48.7 Å². The maximum absolute atomic E-state index is 13.6. The Hall–Kier alpha value is -2.27. The lowest BCUT2D eigenvalue weighted by Gasteiger charge is -2.29. The van der Waals surface area contributed by atoms with Gasteiger partial charge in [-0.15, -0.1) is 11.3 Å². The maximum atomic E-state index is 13.6. The van der Waals surface area contributed by atoms with Gasteiger partial charge < -0.3 is 4.90 Å². The SMILES string of the molecule is O=C(c1ccc2ncsc2c1)N1CCCc2ccc(F)cc21. The molecule has 1 aliphatic rings. The Morgan fingerprint density at radius 3 is 3.05 bits per heavy atom. The molecule has 5 heteroatoms. The summed E-state index contributed by atoms with van der Waals surface area (Å²) in [6, 6.07) is 10.2. The lowest BCUT2D eigenvalue weighted by molar-refractivity contribution is 0.0985. The van der Waals surface area contributed by atoms with E-state index in [1.165, 1.54) is 23.5 Å². The molecular formula is C17H13FN2OS. The first-order valence-corrected chi connectivity index (χ1v) is 8.04. The fourth-order valence-electron chi connectivity index (χ4n) is 2.90. The van der Waals surface area contributed by atoms with Crippen molar-refractivity contribution in [1.82, 2.24) is 4.98 Å². The van der Waals surface area contributed by atoms with Crippen molar-refractivity contribution in [3.05, 3.63) is 58.9 Å². The lowest BCUT2D eigenvalue weighted by atomic mass is 10.0. The molecule has 2 heterocycles. The van der Waals surface area contributed by atoms with Crippen LogP contribution in [-0.2, 0) is 6.42 Å². The number of nitrogens with zero attached hydrogens (tertiary/aromatic N) is 2. The molecule has 0 bridgehead atoms. The largest absolute Gasteiger partial charge is 0.308 e. The molecule has 2 aromatic carbocycles. The average Bonchev–Trinajstić information content (AvgIpc) is 3.01. The first kappa shape index (κ1) is 13.4. The summed E-state index contributed by atoms with van der Waals surface area (Å²) in [4.78, 5) is 18.7. The van der Waals surface area contributed by atoms with Gasteiger partial charge in [0.1, 0.15) is 5.82 Å². The van der Waals surface area contributed by atoms with Crippen LogP contribution in [0.3, 0.4) is 0 Å². The van der Waals surface area contributed by atoms with Crippen LogP contribution >= 0.6 is 11.3 Å². The summed E-state index contributed by atoms with van der Waals surface area (Å²) >= 11 is 1.51. The quantitative estimate of drug-likeness (QED) is 0.680. The van der Waals surface area contributed by atoms with Gasteiger partial charge in [-0.25, -0.2) is 9.37 Å². The van der Waals surface area contributed by atoms with Gasteiger partial charge in [-0.2, -0.15) is 0 Å². The second-order valence-corrected chi connectivity index (χ2v) is 6.25. The summed E-state index contributed by atoms with van der Waals surface area (Å²) in [5.41, 5.74) is 5.01. The standard InChI is InChI=1S/C17H13FN2OS/c18-13-5-3-11-2-1-7-20(15(11)9-13)17(21)12-4-6-14-16(8-12)22-10-19-14/h3-6,8-10H,1-2,7H2. The molecule has 4 rings (SSSR count). The fraction of sp³-hybridized carbons (Fsp3) is 0.176. The van der Waals surface area contributed by atoms with E-state index in [4.69, 9.17) is 0 Å². The summed E-state index contributed by atoms with van der Waals surface area (Å²) in [5.74, 6) is -0.391. The average molecular weight is 312 g/mol. The van der Waals surface area contributed by atoms with Crippen LogP contribution < -0.4 is 4.90 Å². The number of thiazole rings is 1. The third kappa shape index (κ3) is 2.18. The van der Waals surface area contributed by atoms with Crippen molar-refractivity contribution >= 4 is 33.1 Å². The van der Waals surface area contributed by atoms with Crippen molar-refractivity contribution < 1.29 is 9.18 Å². The Labute approximate surface area is 131 Å². The van der Waals surface area contributed by atoms with E-state index in [2.05, 4.69) is 4.98 Å². The molecule has 110 valence electrons. The lowest BCUT2D eigenvalue weighted by Crippen LogP contribution is -2.35. The molecule has 0 aliphatic carbocycles. The molecule has 1 aromatic heterocycles. The molecule has 3 nitrogen and oxygen atoms in total. The third-order valence-corrected chi connectivity index (χ3v) is 4.78. The van der Waals surface area contributed by atoms with E-state index in [0.717, 1.165) is 28.6 Å². The molecule has 0 atom stereocenters. The first-order chi connectivity index (χ1) is 10.7. The topological polar surface area (TPSA) is 33.2 Å². The number of benzene rings is 2. The maximum Gasteiger partial charge on any atom is 0.258 e. The fourth-order valence-corrected chi connectivity index (χ4v) is 3.62. The molecule has 0 radical (unpaired) electrons. The Balaban J connectivity index is 1.75. The molecule has 1 aliphatic heterocycles. The Kier molecular flexibility index (Phi) is 3.15.